The van der Waals surface area contributed by atoms with E-state index in [0.29, 0.717) is 41.6 Å². The van der Waals surface area contributed by atoms with Gasteiger partial charge in [-0.25, -0.2) is 4.98 Å². The molecule has 2 aromatic carbocycles. The second-order valence-electron chi connectivity index (χ2n) is 8.23. The highest BCUT2D eigenvalue weighted by Gasteiger charge is 2.31. The number of carbonyl (C=O) groups is 1. The van der Waals surface area contributed by atoms with E-state index in [1.807, 2.05) is 43.1 Å². The molecule has 188 valence electrons. The summed E-state index contributed by atoms with van der Waals surface area (Å²) in [6, 6.07) is 17.0. The van der Waals surface area contributed by atoms with Gasteiger partial charge in [0.25, 0.3) is 5.91 Å². The van der Waals surface area contributed by atoms with Gasteiger partial charge >= 0.3 is 6.36 Å². The number of hydrogen-bond acceptors (Lipinski definition) is 4. The third-order valence-corrected chi connectivity index (χ3v) is 5.84. The lowest BCUT2D eigenvalue weighted by molar-refractivity contribution is -0.274. The molecular formula is C26H24ClF3N4O2. The largest absolute Gasteiger partial charge is 0.573 e. The van der Waals surface area contributed by atoms with Gasteiger partial charge in [0, 0.05) is 32.0 Å². The molecule has 2 heterocycles. The summed E-state index contributed by atoms with van der Waals surface area (Å²) in [4.78, 5) is 19.5. The van der Waals surface area contributed by atoms with Crippen molar-refractivity contribution in [2.45, 2.75) is 32.8 Å². The molecule has 0 atom stereocenters. The van der Waals surface area contributed by atoms with Gasteiger partial charge in [0.1, 0.15) is 17.1 Å². The molecule has 0 aliphatic rings. The molecule has 36 heavy (non-hydrogen) atoms. The number of nitrogens with zero attached hydrogens (tertiary/aromatic N) is 3. The standard InChI is InChI=1S/C26H24ClF3N4O2/c1-3-22-24(34-16-19(27)8-13-23(34)32-22)25(35)31-14-17-4-9-20(10-5-17)33(2)15-18-6-11-21(12-7-18)36-26(28,29)30/h4-13,16H,3,14-15H2,1-2H3,(H,31,35). The first-order chi connectivity index (χ1) is 17.1. The molecule has 0 saturated heterocycles. The summed E-state index contributed by atoms with van der Waals surface area (Å²) in [5, 5.41) is 3.46. The number of aromatic nitrogens is 2. The number of rotatable bonds is 8. The van der Waals surface area contributed by atoms with E-state index in [2.05, 4.69) is 15.0 Å². The second kappa shape index (κ2) is 10.5. The monoisotopic (exact) mass is 516 g/mol. The quantitative estimate of drug-likeness (QED) is 0.311. The average Bonchev–Trinajstić information content (AvgIpc) is 3.21. The molecule has 0 unspecified atom stereocenters. The van der Waals surface area contributed by atoms with Crippen LogP contribution in [0.2, 0.25) is 5.02 Å². The number of nitrogens with one attached hydrogen (secondary N) is 1. The van der Waals surface area contributed by atoms with Gasteiger partial charge in [0.05, 0.1) is 10.7 Å². The van der Waals surface area contributed by atoms with Crippen molar-refractivity contribution >= 4 is 28.8 Å². The highest BCUT2D eigenvalue weighted by atomic mass is 35.5. The number of alkyl halides is 3. The Labute approximate surface area is 211 Å². The van der Waals surface area contributed by atoms with Crippen molar-refractivity contribution in [2.24, 2.45) is 0 Å². The fraction of sp³-hybridized carbons (Fsp3) is 0.231. The zero-order chi connectivity index (χ0) is 25.9. The fourth-order valence-corrected chi connectivity index (χ4v) is 4.01. The van der Waals surface area contributed by atoms with Crippen LogP contribution in [0.1, 0.15) is 34.2 Å². The van der Waals surface area contributed by atoms with Gasteiger partial charge in [-0.3, -0.25) is 9.20 Å². The molecule has 1 amide bonds. The Balaban J connectivity index is 1.37. The van der Waals surface area contributed by atoms with Gasteiger partial charge in [-0.15, -0.1) is 13.2 Å². The molecule has 0 fully saturated rings. The lowest BCUT2D eigenvalue weighted by Crippen LogP contribution is -2.25. The Kier molecular flexibility index (Phi) is 7.40. The molecule has 4 rings (SSSR count). The number of ether oxygens (including phenoxy) is 1. The molecule has 10 heteroatoms. The Hall–Kier alpha value is -3.72. The lowest BCUT2D eigenvalue weighted by atomic mass is 10.1. The van der Waals surface area contributed by atoms with Crippen LogP contribution in [-0.4, -0.2) is 28.7 Å². The normalized spacial score (nSPS) is 11.5. The van der Waals surface area contributed by atoms with Gasteiger partial charge in [-0.2, -0.15) is 0 Å². The minimum absolute atomic E-state index is 0.235. The Morgan fingerprint density at radius 3 is 2.36 bits per heavy atom. The van der Waals surface area contributed by atoms with E-state index in [0.717, 1.165) is 16.8 Å². The van der Waals surface area contributed by atoms with Crippen LogP contribution < -0.4 is 15.0 Å². The molecule has 0 bridgehead atoms. The van der Waals surface area contributed by atoms with Crippen LogP contribution in [-0.2, 0) is 19.5 Å². The van der Waals surface area contributed by atoms with Gasteiger partial charge in [0.15, 0.2) is 0 Å². The van der Waals surface area contributed by atoms with Crippen LogP contribution in [0.3, 0.4) is 0 Å². The molecule has 4 aromatic rings. The number of fused-ring (bicyclic) bond motifs is 1. The number of halogens is 4. The molecule has 0 saturated carbocycles. The molecule has 0 aliphatic heterocycles. The minimum atomic E-state index is -4.71. The van der Waals surface area contributed by atoms with Crippen LogP contribution >= 0.6 is 11.6 Å². The Morgan fingerprint density at radius 2 is 1.72 bits per heavy atom. The number of carbonyl (C=O) groups excluding carboxylic acids is 1. The summed E-state index contributed by atoms with van der Waals surface area (Å²) in [6.07, 6.45) is -2.42. The van der Waals surface area contributed by atoms with Gasteiger partial charge in [0.2, 0.25) is 0 Å². The number of aryl methyl sites for hydroxylation is 1. The third kappa shape index (κ3) is 6.09. The Bertz CT molecular complexity index is 1350. The van der Waals surface area contributed by atoms with E-state index in [4.69, 9.17) is 11.6 Å². The summed E-state index contributed by atoms with van der Waals surface area (Å²) in [5.74, 6) is -0.487. The van der Waals surface area contributed by atoms with Crippen molar-refractivity contribution in [3.63, 3.8) is 0 Å². The number of amides is 1. The zero-order valence-electron chi connectivity index (χ0n) is 19.6. The predicted octanol–water partition coefficient (Wildman–Crippen LogP) is 6.02. The van der Waals surface area contributed by atoms with E-state index in [9.17, 15) is 18.0 Å². The van der Waals surface area contributed by atoms with Crippen LogP contribution in [0, 0.1) is 0 Å². The first-order valence-electron chi connectivity index (χ1n) is 11.2. The van der Waals surface area contributed by atoms with E-state index in [1.54, 1.807) is 34.9 Å². The van der Waals surface area contributed by atoms with E-state index in [1.165, 1.54) is 12.1 Å². The number of benzene rings is 2. The lowest BCUT2D eigenvalue weighted by Gasteiger charge is -2.20. The van der Waals surface area contributed by atoms with Crippen molar-refractivity contribution in [3.8, 4) is 5.75 Å². The SMILES string of the molecule is CCc1nc2ccc(Cl)cn2c1C(=O)NCc1ccc(N(C)Cc2ccc(OC(F)(F)F)cc2)cc1. The van der Waals surface area contributed by atoms with E-state index < -0.39 is 6.36 Å². The number of anilines is 1. The predicted molar refractivity (Wildman–Crippen MR) is 132 cm³/mol. The summed E-state index contributed by atoms with van der Waals surface area (Å²) < 4.78 is 42.6. The number of imidazole rings is 1. The van der Waals surface area contributed by atoms with Crippen molar-refractivity contribution in [3.05, 3.63) is 94.4 Å². The Morgan fingerprint density at radius 1 is 1.06 bits per heavy atom. The van der Waals surface area contributed by atoms with E-state index in [-0.39, 0.29) is 11.7 Å². The second-order valence-corrected chi connectivity index (χ2v) is 8.67. The van der Waals surface area contributed by atoms with Crippen LogP contribution in [0.5, 0.6) is 5.75 Å². The van der Waals surface area contributed by atoms with Crippen molar-refractivity contribution < 1.29 is 22.7 Å². The van der Waals surface area contributed by atoms with Crippen molar-refractivity contribution in [1.82, 2.24) is 14.7 Å². The topological polar surface area (TPSA) is 58.9 Å². The van der Waals surface area contributed by atoms with Crippen molar-refractivity contribution in [2.75, 3.05) is 11.9 Å². The molecule has 6 nitrogen and oxygen atoms in total. The van der Waals surface area contributed by atoms with Gasteiger partial charge in [-0.05, 0) is 53.9 Å². The maximum absolute atomic E-state index is 13.0. The molecule has 0 spiro atoms. The smallest absolute Gasteiger partial charge is 0.406 e. The summed E-state index contributed by atoms with van der Waals surface area (Å²) in [6.45, 7) is 2.78. The summed E-state index contributed by atoms with van der Waals surface area (Å²) >= 11 is 6.11. The van der Waals surface area contributed by atoms with E-state index >= 15 is 0 Å². The first-order valence-corrected chi connectivity index (χ1v) is 11.6. The molecule has 2 aromatic heterocycles. The fourth-order valence-electron chi connectivity index (χ4n) is 3.85. The first kappa shape index (κ1) is 25.4. The summed E-state index contributed by atoms with van der Waals surface area (Å²) in [5.41, 5.74) is 4.51. The van der Waals surface area contributed by atoms with Crippen LogP contribution in [0.4, 0.5) is 18.9 Å². The molecule has 0 aliphatic carbocycles. The highest BCUT2D eigenvalue weighted by molar-refractivity contribution is 6.30. The van der Waals surface area contributed by atoms with Crippen molar-refractivity contribution in [1.29, 1.82) is 0 Å². The molecule has 1 N–H and O–H groups in total. The maximum atomic E-state index is 13.0. The third-order valence-electron chi connectivity index (χ3n) is 5.61. The van der Waals surface area contributed by atoms with Gasteiger partial charge < -0.3 is 15.0 Å². The molecular weight excluding hydrogens is 493 g/mol. The molecule has 0 radical (unpaired) electrons. The number of hydrogen-bond donors (Lipinski definition) is 1. The zero-order valence-corrected chi connectivity index (χ0v) is 20.4. The average molecular weight is 517 g/mol. The highest BCUT2D eigenvalue weighted by Crippen LogP contribution is 2.24. The van der Waals surface area contributed by atoms with Crippen LogP contribution in [0.15, 0.2) is 66.9 Å². The maximum Gasteiger partial charge on any atom is 0.573 e. The summed E-state index contributed by atoms with van der Waals surface area (Å²) in [7, 11) is 1.89. The minimum Gasteiger partial charge on any atom is -0.406 e. The van der Waals surface area contributed by atoms with Gasteiger partial charge in [-0.1, -0.05) is 42.8 Å². The van der Waals surface area contributed by atoms with Crippen LogP contribution in [0.25, 0.3) is 5.65 Å². The number of pyridine rings is 1.